The van der Waals surface area contributed by atoms with E-state index in [9.17, 15) is 27.4 Å². The van der Waals surface area contributed by atoms with Crippen LogP contribution in [-0.2, 0) is 29.5 Å². The Morgan fingerprint density at radius 1 is 1.34 bits per heavy atom. The number of oxime groups is 1. The Balaban J connectivity index is 0.00000432. The van der Waals surface area contributed by atoms with Crippen LogP contribution in [-0.4, -0.2) is 70.8 Å². The van der Waals surface area contributed by atoms with Crippen molar-refractivity contribution in [3.05, 3.63) is 53.0 Å². The third-order valence-electron chi connectivity index (χ3n) is 4.42. The van der Waals surface area contributed by atoms with Gasteiger partial charge in [0, 0.05) is 5.38 Å². The topological polar surface area (TPSA) is 170 Å². The van der Waals surface area contributed by atoms with Crippen LogP contribution in [0.25, 0.3) is 6.08 Å². The van der Waals surface area contributed by atoms with E-state index in [1.165, 1.54) is 24.6 Å². The molecule has 12 nitrogen and oxygen atoms in total. The summed E-state index contributed by atoms with van der Waals surface area (Å²) < 4.78 is 34.8. The summed E-state index contributed by atoms with van der Waals surface area (Å²) in [5, 5.41) is 9.94. The zero-order chi connectivity index (χ0) is 24.9. The normalized spacial score (nSPS) is 18.0. The van der Waals surface area contributed by atoms with Crippen molar-refractivity contribution in [3.8, 4) is 0 Å². The van der Waals surface area contributed by atoms with Gasteiger partial charge in [-0.2, -0.15) is 0 Å². The molecular weight excluding hydrogens is 533 g/mol. The number of hydrogen-bond acceptors (Lipinski definition) is 10. The predicted octanol–water partition coefficient (Wildman–Crippen LogP) is -2.46. The standard InChI is InChI=1S/C19H18ClN5O7S2.Na/c1-32-24-15(12-10-33-19(21-12)22-14(26)9-20)17(27)23-16-13(25(18(16)28)34(29,30)31)8-7-11-5-3-2-4-6-11;/h2-8,10,13,16H,9H2,1H3,(H,23,27)(H,21,22,26)(H,29,30,31);/q;+1/p-1/b8-7+,24-15-;/t13-,16+;/m0./s1. The van der Waals surface area contributed by atoms with E-state index in [0.717, 1.165) is 11.3 Å². The number of halogens is 1. The van der Waals surface area contributed by atoms with Gasteiger partial charge in [-0.3, -0.25) is 14.4 Å². The maximum Gasteiger partial charge on any atom is 1.00 e. The molecule has 0 aliphatic carbocycles. The third kappa shape index (κ3) is 7.10. The molecule has 2 heterocycles. The van der Waals surface area contributed by atoms with Gasteiger partial charge in [0.05, 0.1) is 6.04 Å². The zero-order valence-corrected chi connectivity index (χ0v) is 22.8. The number of carbonyl (C=O) groups is 3. The zero-order valence-electron chi connectivity index (χ0n) is 18.4. The van der Waals surface area contributed by atoms with Crippen molar-refractivity contribution < 1.29 is 61.7 Å². The van der Waals surface area contributed by atoms with Crippen molar-refractivity contribution in [1.29, 1.82) is 0 Å². The number of nitrogens with zero attached hydrogens (tertiary/aromatic N) is 3. The van der Waals surface area contributed by atoms with Crippen molar-refractivity contribution in [2.24, 2.45) is 5.16 Å². The predicted molar refractivity (Wildman–Crippen MR) is 123 cm³/mol. The van der Waals surface area contributed by atoms with E-state index in [4.69, 9.17) is 11.6 Å². The summed E-state index contributed by atoms with van der Waals surface area (Å²) in [6, 6.07) is 6.13. The number of thiazole rings is 1. The van der Waals surface area contributed by atoms with Gasteiger partial charge in [-0.25, -0.2) is 17.7 Å². The molecule has 0 unspecified atom stereocenters. The maximum atomic E-state index is 12.9. The average Bonchev–Trinajstić information content (AvgIpc) is 3.25. The molecule has 1 aliphatic heterocycles. The van der Waals surface area contributed by atoms with Gasteiger partial charge in [0.15, 0.2) is 21.1 Å². The fourth-order valence-corrected chi connectivity index (χ4v) is 4.55. The molecule has 0 spiro atoms. The summed E-state index contributed by atoms with van der Waals surface area (Å²) >= 11 is 6.43. The van der Waals surface area contributed by atoms with Gasteiger partial charge in [0.2, 0.25) is 5.91 Å². The summed E-state index contributed by atoms with van der Waals surface area (Å²) in [5.41, 5.74) is 0.364. The number of alkyl halides is 1. The number of rotatable bonds is 9. The van der Waals surface area contributed by atoms with Crippen molar-refractivity contribution in [2.45, 2.75) is 12.1 Å². The van der Waals surface area contributed by atoms with E-state index in [1.54, 1.807) is 30.3 Å². The smallest absolute Gasteiger partial charge is 0.731 e. The van der Waals surface area contributed by atoms with E-state index in [1.807, 2.05) is 0 Å². The quantitative estimate of drug-likeness (QED) is 0.0866. The van der Waals surface area contributed by atoms with Gasteiger partial charge >= 0.3 is 29.6 Å². The van der Waals surface area contributed by atoms with E-state index in [-0.39, 0.29) is 56.3 Å². The molecule has 3 rings (SSSR count). The fraction of sp³-hybridized carbons (Fsp3) is 0.211. The number of hydrogen-bond donors (Lipinski definition) is 2. The Kier molecular flexibility index (Phi) is 10.4. The van der Waals surface area contributed by atoms with Gasteiger partial charge in [-0.15, -0.1) is 22.9 Å². The van der Waals surface area contributed by atoms with Crippen LogP contribution in [0.15, 0.2) is 46.9 Å². The van der Waals surface area contributed by atoms with Gasteiger partial charge in [0.1, 0.15) is 24.7 Å². The summed E-state index contributed by atoms with van der Waals surface area (Å²) in [6.07, 6.45) is 2.85. The van der Waals surface area contributed by atoms with Crippen molar-refractivity contribution >= 4 is 67.9 Å². The Labute approximate surface area is 231 Å². The van der Waals surface area contributed by atoms with Crippen LogP contribution in [0.3, 0.4) is 0 Å². The van der Waals surface area contributed by atoms with Crippen molar-refractivity contribution in [2.75, 3.05) is 18.3 Å². The minimum atomic E-state index is -5.12. The average molecular weight is 550 g/mol. The summed E-state index contributed by atoms with van der Waals surface area (Å²) in [5.74, 6) is -2.82. The minimum absolute atomic E-state index is 0. The summed E-state index contributed by atoms with van der Waals surface area (Å²) in [6.45, 7) is 0. The Morgan fingerprint density at radius 2 is 2.03 bits per heavy atom. The van der Waals surface area contributed by atoms with Crippen LogP contribution in [0.4, 0.5) is 5.13 Å². The molecule has 180 valence electrons. The summed E-state index contributed by atoms with van der Waals surface area (Å²) in [7, 11) is -3.93. The van der Waals surface area contributed by atoms with Crippen molar-refractivity contribution in [1.82, 2.24) is 14.6 Å². The molecule has 0 bridgehead atoms. The van der Waals surface area contributed by atoms with E-state index >= 15 is 0 Å². The Hall–Kier alpha value is -2.33. The molecule has 35 heavy (non-hydrogen) atoms. The molecular formula is C19H17ClN5NaO7S2. The van der Waals surface area contributed by atoms with Crippen molar-refractivity contribution in [3.63, 3.8) is 0 Å². The molecule has 1 saturated heterocycles. The monoisotopic (exact) mass is 549 g/mol. The SMILES string of the molecule is CO/N=C(\C(=O)N[C@H]1C(=O)N(S(=O)(=O)[O-])[C@H]1/C=C/c1ccccc1)c1csc(NC(=O)CCl)n1.[Na+]. The minimum Gasteiger partial charge on any atom is -0.731 e. The molecule has 0 radical (unpaired) electrons. The second-order valence-electron chi connectivity index (χ2n) is 6.65. The van der Waals surface area contributed by atoms with Gasteiger partial charge < -0.3 is 20.0 Å². The van der Waals surface area contributed by atoms with Gasteiger partial charge in [-0.05, 0) is 5.56 Å². The van der Waals surface area contributed by atoms with Crippen LogP contribution in [0.1, 0.15) is 11.3 Å². The fourth-order valence-electron chi connectivity index (χ4n) is 2.95. The molecule has 16 heteroatoms. The number of β-lactam (4-membered cyclic amide) rings is 1. The first-order valence-electron chi connectivity index (χ1n) is 9.41. The van der Waals surface area contributed by atoms with Crippen LogP contribution in [0.5, 0.6) is 0 Å². The summed E-state index contributed by atoms with van der Waals surface area (Å²) in [4.78, 5) is 45.4. The molecule has 1 aromatic carbocycles. The molecule has 2 N–H and O–H groups in total. The van der Waals surface area contributed by atoms with Crippen LogP contribution >= 0.6 is 22.9 Å². The third-order valence-corrected chi connectivity index (χ3v) is 6.33. The Bertz CT molecular complexity index is 1250. The van der Waals surface area contributed by atoms with Gasteiger partial charge in [0.25, 0.3) is 11.8 Å². The number of amides is 3. The van der Waals surface area contributed by atoms with Crippen LogP contribution < -0.4 is 40.2 Å². The van der Waals surface area contributed by atoms with E-state index < -0.39 is 40.1 Å². The first-order valence-corrected chi connectivity index (χ1v) is 12.2. The molecule has 2 atom stereocenters. The maximum absolute atomic E-state index is 12.9. The molecule has 1 aromatic heterocycles. The number of nitrogens with one attached hydrogen (secondary N) is 2. The molecule has 0 saturated carbocycles. The molecule has 3 amide bonds. The second-order valence-corrected chi connectivity index (χ2v) is 9.02. The Morgan fingerprint density at radius 3 is 2.63 bits per heavy atom. The van der Waals surface area contributed by atoms with Crippen LogP contribution in [0.2, 0.25) is 0 Å². The first-order chi connectivity index (χ1) is 16.2. The largest absolute Gasteiger partial charge is 1.00 e. The van der Waals surface area contributed by atoms with E-state index in [0.29, 0.717) is 5.56 Å². The van der Waals surface area contributed by atoms with E-state index in [2.05, 4.69) is 25.6 Å². The molecule has 2 aromatic rings. The number of benzene rings is 1. The molecule has 1 fully saturated rings. The number of aromatic nitrogens is 1. The van der Waals surface area contributed by atoms with Crippen LogP contribution in [0, 0.1) is 0 Å². The second kappa shape index (κ2) is 12.6. The number of carbonyl (C=O) groups excluding carboxylic acids is 3. The first kappa shape index (κ1) is 28.9. The number of anilines is 1. The van der Waals surface area contributed by atoms with Gasteiger partial charge in [-0.1, -0.05) is 47.6 Å². The molecule has 1 aliphatic rings.